The number of hydrogen-bond donors (Lipinski definition) is 0. The Morgan fingerprint density at radius 2 is 1.81 bits per heavy atom. The number of hydrogen-bond acceptors (Lipinski definition) is 6. The maximum atomic E-state index is 6.39. The van der Waals surface area contributed by atoms with Crippen molar-refractivity contribution in [3.05, 3.63) is 0 Å². The molecule has 0 saturated carbocycles. The second-order valence-electron chi connectivity index (χ2n) is 6.28. The average Bonchev–Trinajstić information content (AvgIpc) is 3.08. The van der Waals surface area contributed by atoms with Gasteiger partial charge < -0.3 is 25.9 Å². The molecule has 0 aromatic heterocycles. The first kappa shape index (κ1) is 18.0. The fraction of sp³-hybridized carbons (Fsp3) is 1.00. The van der Waals surface area contributed by atoms with Gasteiger partial charge in [0, 0.05) is 6.61 Å². The van der Waals surface area contributed by atoms with E-state index in [1.54, 1.807) is 0 Å². The van der Waals surface area contributed by atoms with Gasteiger partial charge in [-0.3, -0.25) is 0 Å². The number of epoxide rings is 1. The third-order valence-corrected chi connectivity index (χ3v) is 18.3. The molecule has 124 valence electrons. The van der Waals surface area contributed by atoms with Gasteiger partial charge >= 0.3 is 17.1 Å². The van der Waals surface area contributed by atoms with Crippen molar-refractivity contribution in [2.24, 2.45) is 0 Å². The highest BCUT2D eigenvalue weighted by Gasteiger charge is 2.44. The molecular formula is C11H28O6Si4. The third-order valence-electron chi connectivity index (χ3n) is 3.34. The van der Waals surface area contributed by atoms with Gasteiger partial charge in [0.2, 0.25) is 0 Å². The zero-order valence-corrected chi connectivity index (χ0v) is 18.0. The molecule has 0 aromatic carbocycles. The molecule has 0 spiro atoms. The molecular weight excluding hydrogens is 340 g/mol. The summed E-state index contributed by atoms with van der Waals surface area (Å²) in [5, 5.41) is 0. The molecule has 0 bridgehead atoms. The first-order valence-electron chi connectivity index (χ1n) is 7.69. The monoisotopic (exact) mass is 368 g/mol. The summed E-state index contributed by atoms with van der Waals surface area (Å²) in [6, 6.07) is 0.926. The van der Waals surface area contributed by atoms with E-state index >= 15 is 0 Å². The Morgan fingerprint density at radius 3 is 2.48 bits per heavy atom. The van der Waals surface area contributed by atoms with Gasteiger partial charge in [-0.25, -0.2) is 0 Å². The summed E-state index contributed by atoms with van der Waals surface area (Å²) in [4.78, 5) is 0. The van der Waals surface area contributed by atoms with Crippen molar-refractivity contribution in [3.8, 4) is 0 Å². The molecule has 21 heavy (non-hydrogen) atoms. The quantitative estimate of drug-likeness (QED) is 0.401. The van der Waals surface area contributed by atoms with Gasteiger partial charge in [-0.05, 0) is 45.2 Å². The minimum absolute atomic E-state index is 0.332. The standard InChI is InChI=1S/C11H28O6Si4/c1-18-14-19(2)16-21(5,17-20(3,4)15-18)8-6-7-12-9-11-10-13-11/h11,18-19H,6-10H2,1-5H3. The molecule has 4 unspecified atom stereocenters. The largest absolute Gasteiger partial charge is 0.420 e. The lowest BCUT2D eigenvalue weighted by molar-refractivity contribution is 0.115. The Morgan fingerprint density at radius 1 is 1.14 bits per heavy atom. The Hall–Kier alpha value is 0.628. The highest BCUT2D eigenvalue weighted by Crippen LogP contribution is 2.26. The molecule has 2 fully saturated rings. The van der Waals surface area contributed by atoms with Crippen LogP contribution in [0, 0.1) is 0 Å². The summed E-state index contributed by atoms with van der Waals surface area (Å²) in [6.45, 7) is 12.7. The zero-order chi connectivity index (χ0) is 15.5. The summed E-state index contributed by atoms with van der Waals surface area (Å²) in [6.07, 6.45) is 1.28. The summed E-state index contributed by atoms with van der Waals surface area (Å²) in [7, 11) is -7.60. The van der Waals surface area contributed by atoms with Crippen molar-refractivity contribution < 1.29 is 25.9 Å². The summed E-state index contributed by atoms with van der Waals surface area (Å²) < 4.78 is 35.4. The molecule has 2 saturated heterocycles. The molecule has 0 aromatic rings. The van der Waals surface area contributed by atoms with Crippen molar-refractivity contribution in [2.45, 2.75) is 51.3 Å². The van der Waals surface area contributed by atoms with Gasteiger partial charge in [0.15, 0.2) is 0 Å². The van der Waals surface area contributed by atoms with Crippen LogP contribution in [0.15, 0.2) is 0 Å². The minimum Gasteiger partial charge on any atom is -0.420 e. The van der Waals surface area contributed by atoms with Crippen LogP contribution in [0.4, 0.5) is 0 Å². The van der Waals surface area contributed by atoms with Crippen LogP contribution in [0.3, 0.4) is 0 Å². The Balaban J connectivity index is 1.80. The first-order valence-corrected chi connectivity index (χ1v) is 17.2. The SMILES string of the molecule is C[SiH]1O[SiH](C)O[Si](C)(CCCOCC2CO2)O[Si](C)(C)O1. The summed E-state index contributed by atoms with van der Waals surface area (Å²) in [5.41, 5.74) is 0. The topological polar surface area (TPSA) is 58.7 Å². The van der Waals surface area contributed by atoms with Crippen LogP contribution in [-0.4, -0.2) is 61.6 Å². The number of rotatable bonds is 6. The van der Waals surface area contributed by atoms with E-state index in [-0.39, 0.29) is 0 Å². The highest BCUT2D eigenvalue weighted by molar-refractivity contribution is 6.86. The van der Waals surface area contributed by atoms with Crippen LogP contribution in [0.5, 0.6) is 0 Å². The molecule has 0 N–H and O–H groups in total. The lowest BCUT2D eigenvalue weighted by atomic mass is 10.5. The molecule has 2 aliphatic heterocycles. The van der Waals surface area contributed by atoms with E-state index in [2.05, 4.69) is 32.7 Å². The predicted octanol–water partition coefficient (Wildman–Crippen LogP) is 1.35. The molecule has 0 amide bonds. The average molecular weight is 369 g/mol. The van der Waals surface area contributed by atoms with Crippen LogP contribution in [0.2, 0.25) is 38.8 Å². The second-order valence-corrected chi connectivity index (χ2v) is 17.9. The van der Waals surface area contributed by atoms with Crippen LogP contribution < -0.4 is 0 Å². The van der Waals surface area contributed by atoms with Gasteiger partial charge in [-0.2, -0.15) is 0 Å². The zero-order valence-electron chi connectivity index (χ0n) is 13.7. The summed E-state index contributed by atoms with van der Waals surface area (Å²) in [5.74, 6) is 0. The van der Waals surface area contributed by atoms with E-state index < -0.39 is 35.7 Å². The first-order chi connectivity index (χ1) is 9.78. The minimum atomic E-state index is -2.22. The summed E-state index contributed by atoms with van der Waals surface area (Å²) >= 11 is 0. The van der Waals surface area contributed by atoms with E-state index in [0.29, 0.717) is 12.7 Å². The van der Waals surface area contributed by atoms with E-state index in [9.17, 15) is 0 Å². The highest BCUT2D eigenvalue weighted by atomic mass is 28.5. The van der Waals surface area contributed by atoms with E-state index in [0.717, 1.165) is 25.7 Å². The van der Waals surface area contributed by atoms with Gasteiger partial charge in [0.1, 0.15) is 6.10 Å². The molecule has 2 heterocycles. The Kier molecular flexibility index (Phi) is 6.39. The van der Waals surface area contributed by atoms with E-state index in [1.165, 1.54) is 0 Å². The van der Waals surface area contributed by atoms with Crippen LogP contribution in [0.1, 0.15) is 6.42 Å². The molecule has 2 aliphatic rings. The van der Waals surface area contributed by atoms with Crippen molar-refractivity contribution in [2.75, 3.05) is 19.8 Å². The van der Waals surface area contributed by atoms with Crippen molar-refractivity contribution in [3.63, 3.8) is 0 Å². The third kappa shape index (κ3) is 6.72. The smallest absolute Gasteiger partial charge is 0.317 e. The fourth-order valence-corrected chi connectivity index (χ4v) is 19.3. The predicted molar refractivity (Wildman–Crippen MR) is 89.4 cm³/mol. The lowest BCUT2D eigenvalue weighted by Crippen LogP contribution is -2.58. The van der Waals surface area contributed by atoms with Crippen LogP contribution >= 0.6 is 0 Å². The van der Waals surface area contributed by atoms with E-state index in [4.69, 9.17) is 25.9 Å². The van der Waals surface area contributed by atoms with Crippen molar-refractivity contribution in [1.82, 2.24) is 0 Å². The normalized spacial score (nSPS) is 39.6. The fourth-order valence-electron chi connectivity index (χ4n) is 2.63. The maximum absolute atomic E-state index is 6.39. The van der Waals surface area contributed by atoms with Gasteiger partial charge in [0.25, 0.3) is 18.6 Å². The van der Waals surface area contributed by atoms with Crippen LogP contribution in [-0.2, 0) is 25.9 Å². The molecule has 0 aliphatic carbocycles. The van der Waals surface area contributed by atoms with Gasteiger partial charge in [-0.1, -0.05) is 0 Å². The van der Waals surface area contributed by atoms with Gasteiger partial charge in [0.05, 0.1) is 13.2 Å². The molecule has 4 atom stereocenters. The number of ether oxygens (including phenoxy) is 2. The Bertz CT molecular complexity index is 343. The van der Waals surface area contributed by atoms with Gasteiger partial charge in [-0.15, -0.1) is 0 Å². The van der Waals surface area contributed by atoms with Crippen molar-refractivity contribution in [1.29, 1.82) is 0 Å². The molecule has 0 radical (unpaired) electrons. The van der Waals surface area contributed by atoms with Crippen LogP contribution in [0.25, 0.3) is 0 Å². The van der Waals surface area contributed by atoms with Crippen molar-refractivity contribution >= 4 is 35.7 Å². The maximum Gasteiger partial charge on any atom is 0.317 e. The molecule has 10 heteroatoms. The second kappa shape index (κ2) is 7.46. The Labute approximate surface area is 133 Å². The molecule has 2 rings (SSSR count). The van der Waals surface area contributed by atoms with E-state index in [1.807, 2.05) is 0 Å². The molecule has 6 nitrogen and oxygen atoms in total. The lowest BCUT2D eigenvalue weighted by Gasteiger charge is -2.41.